The molecule has 0 amide bonds. The number of hydrogen-bond acceptors (Lipinski definition) is 2. The van der Waals surface area contributed by atoms with Crippen molar-refractivity contribution in [2.75, 3.05) is 0 Å². The van der Waals surface area contributed by atoms with Crippen LogP contribution in [0.3, 0.4) is 0 Å². The second kappa shape index (κ2) is 3.54. The van der Waals surface area contributed by atoms with Gasteiger partial charge < -0.3 is 11.1 Å². The van der Waals surface area contributed by atoms with Crippen LogP contribution in [0.5, 0.6) is 0 Å². The Hall–Kier alpha value is -0.410. The van der Waals surface area contributed by atoms with Gasteiger partial charge in [-0.2, -0.15) is 0 Å². The Morgan fingerprint density at radius 1 is 1.83 bits per heavy atom. The van der Waals surface area contributed by atoms with Crippen LogP contribution < -0.4 is 5.73 Å². The number of allylic oxidation sites excluding steroid dienone is 2. The fourth-order valence-corrected chi connectivity index (χ4v) is 1.97. The number of rotatable bonds is 2. The Kier molecular flexibility index (Phi) is 2.85. The molecular weight excluding hydrogens is 216 g/mol. The molecule has 0 fully saturated rings. The molecule has 2 unspecified atom stereocenters. The van der Waals surface area contributed by atoms with E-state index in [4.69, 9.17) is 11.1 Å². The molecule has 0 heterocycles. The first kappa shape index (κ1) is 9.68. The molecule has 0 aromatic rings. The standard InChI is InChI=1S/C9H13BrN2/c1-9(4-5-11)6-7(10)2-3-8(9)12/h2-3,5-6,8,11H,4,12H2,1H3. The average Bonchev–Trinajstić information content (AvgIpc) is 1.98. The van der Waals surface area contributed by atoms with E-state index >= 15 is 0 Å². The van der Waals surface area contributed by atoms with Crippen LogP contribution in [-0.4, -0.2) is 12.3 Å². The van der Waals surface area contributed by atoms with Crippen molar-refractivity contribution in [1.82, 2.24) is 0 Å². The van der Waals surface area contributed by atoms with Crippen LogP contribution in [0.4, 0.5) is 0 Å². The van der Waals surface area contributed by atoms with Crippen molar-refractivity contribution in [3.05, 3.63) is 22.7 Å². The third kappa shape index (κ3) is 1.84. The summed E-state index contributed by atoms with van der Waals surface area (Å²) >= 11 is 3.40. The smallest absolute Gasteiger partial charge is 0.0321 e. The largest absolute Gasteiger partial charge is 0.324 e. The molecule has 1 aliphatic carbocycles. The zero-order chi connectivity index (χ0) is 9.19. The summed E-state index contributed by atoms with van der Waals surface area (Å²) in [7, 11) is 0. The Morgan fingerprint density at radius 3 is 3.08 bits per heavy atom. The zero-order valence-electron chi connectivity index (χ0n) is 7.05. The molecule has 0 bridgehead atoms. The van der Waals surface area contributed by atoms with Crippen molar-refractivity contribution >= 4 is 22.1 Å². The van der Waals surface area contributed by atoms with Crippen molar-refractivity contribution in [2.24, 2.45) is 11.1 Å². The summed E-state index contributed by atoms with van der Waals surface area (Å²) in [6.07, 6.45) is 8.09. The minimum Gasteiger partial charge on any atom is -0.324 e. The molecule has 12 heavy (non-hydrogen) atoms. The maximum Gasteiger partial charge on any atom is 0.0321 e. The van der Waals surface area contributed by atoms with Gasteiger partial charge in [-0.1, -0.05) is 41.1 Å². The monoisotopic (exact) mass is 228 g/mol. The predicted octanol–water partition coefficient (Wildman–Crippen LogP) is 2.21. The van der Waals surface area contributed by atoms with Crippen molar-refractivity contribution in [1.29, 1.82) is 5.41 Å². The van der Waals surface area contributed by atoms with Gasteiger partial charge in [-0.05, 0) is 12.6 Å². The summed E-state index contributed by atoms with van der Waals surface area (Å²) in [6, 6.07) is 0.0143. The fraction of sp³-hybridized carbons (Fsp3) is 0.444. The maximum absolute atomic E-state index is 7.07. The van der Waals surface area contributed by atoms with Gasteiger partial charge in [0.05, 0.1) is 0 Å². The lowest BCUT2D eigenvalue weighted by Crippen LogP contribution is -2.38. The van der Waals surface area contributed by atoms with Gasteiger partial charge in [0.15, 0.2) is 0 Å². The number of nitrogens with two attached hydrogens (primary N) is 1. The molecule has 66 valence electrons. The quantitative estimate of drug-likeness (QED) is 0.700. The van der Waals surface area contributed by atoms with Gasteiger partial charge in [0, 0.05) is 15.9 Å². The molecule has 3 heteroatoms. The summed E-state index contributed by atoms with van der Waals surface area (Å²) in [5.41, 5.74) is 5.80. The van der Waals surface area contributed by atoms with Gasteiger partial charge in [-0.3, -0.25) is 0 Å². The van der Waals surface area contributed by atoms with Gasteiger partial charge in [0.25, 0.3) is 0 Å². The van der Waals surface area contributed by atoms with E-state index in [-0.39, 0.29) is 11.5 Å². The van der Waals surface area contributed by atoms with E-state index in [9.17, 15) is 0 Å². The molecule has 3 N–H and O–H groups in total. The van der Waals surface area contributed by atoms with Gasteiger partial charge in [0.2, 0.25) is 0 Å². The van der Waals surface area contributed by atoms with E-state index in [1.54, 1.807) is 0 Å². The van der Waals surface area contributed by atoms with E-state index in [1.807, 2.05) is 12.2 Å². The molecular formula is C9H13BrN2. The third-order valence-corrected chi connectivity index (χ3v) is 2.73. The molecule has 0 aromatic carbocycles. The van der Waals surface area contributed by atoms with Crippen LogP contribution in [0.2, 0.25) is 0 Å². The highest BCUT2D eigenvalue weighted by atomic mass is 79.9. The van der Waals surface area contributed by atoms with Crippen molar-refractivity contribution in [3.63, 3.8) is 0 Å². The Bertz CT molecular complexity index is 245. The topological polar surface area (TPSA) is 49.9 Å². The highest BCUT2D eigenvalue weighted by Gasteiger charge is 2.29. The predicted molar refractivity (Wildman–Crippen MR) is 55.6 cm³/mol. The van der Waals surface area contributed by atoms with Crippen molar-refractivity contribution in [3.8, 4) is 0 Å². The molecule has 1 aliphatic rings. The molecule has 2 nitrogen and oxygen atoms in total. The lowest BCUT2D eigenvalue weighted by Gasteiger charge is -2.32. The van der Waals surface area contributed by atoms with Crippen molar-refractivity contribution in [2.45, 2.75) is 19.4 Å². The lowest BCUT2D eigenvalue weighted by atomic mass is 9.77. The lowest BCUT2D eigenvalue weighted by molar-refractivity contribution is 0.394. The second-order valence-electron chi connectivity index (χ2n) is 3.33. The number of hydrogen-bond donors (Lipinski definition) is 2. The molecule has 0 radical (unpaired) electrons. The molecule has 0 spiro atoms. The molecule has 2 atom stereocenters. The molecule has 0 saturated carbocycles. The van der Waals surface area contributed by atoms with Gasteiger partial charge in [-0.15, -0.1) is 0 Å². The zero-order valence-corrected chi connectivity index (χ0v) is 8.64. The van der Waals surface area contributed by atoms with Crippen LogP contribution in [-0.2, 0) is 0 Å². The molecule has 1 rings (SSSR count). The maximum atomic E-state index is 7.07. The summed E-state index contributed by atoms with van der Waals surface area (Å²) in [4.78, 5) is 0. The number of halogens is 1. The van der Waals surface area contributed by atoms with E-state index in [2.05, 4.69) is 28.9 Å². The van der Waals surface area contributed by atoms with Crippen LogP contribution in [0, 0.1) is 10.8 Å². The van der Waals surface area contributed by atoms with Crippen LogP contribution >= 0.6 is 15.9 Å². The van der Waals surface area contributed by atoms with E-state index in [0.717, 1.165) is 4.48 Å². The van der Waals surface area contributed by atoms with Crippen LogP contribution in [0.1, 0.15) is 13.3 Å². The summed E-state index contributed by atoms with van der Waals surface area (Å²) < 4.78 is 1.05. The second-order valence-corrected chi connectivity index (χ2v) is 4.24. The average molecular weight is 229 g/mol. The third-order valence-electron chi connectivity index (χ3n) is 2.23. The first-order chi connectivity index (χ1) is 5.58. The van der Waals surface area contributed by atoms with Gasteiger partial charge >= 0.3 is 0 Å². The summed E-state index contributed by atoms with van der Waals surface area (Å²) in [6.45, 7) is 2.06. The van der Waals surface area contributed by atoms with E-state index < -0.39 is 0 Å². The summed E-state index contributed by atoms with van der Waals surface area (Å²) in [5.74, 6) is 0. The minimum absolute atomic E-state index is 0.0143. The highest BCUT2D eigenvalue weighted by Crippen LogP contribution is 2.33. The van der Waals surface area contributed by atoms with E-state index in [0.29, 0.717) is 6.42 Å². The Labute approximate surface area is 81.2 Å². The van der Waals surface area contributed by atoms with Gasteiger partial charge in [-0.25, -0.2) is 0 Å². The first-order valence-corrected chi connectivity index (χ1v) is 4.69. The fourth-order valence-electron chi connectivity index (χ4n) is 1.29. The first-order valence-electron chi connectivity index (χ1n) is 3.89. The SMILES string of the molecule is CC1(CC=N)C=C(Br)C=CC1N. The van der Waals surface area contributed by atoms with Crippen LogP contribution in [0.15, 0.2) is 22.7 Å². The highest BCUT2D eigenvalue weighted by molar-refractivity contribution is 9.11. The Balaban J connectivity index is 2.88. The Morgan fingerprint density at radius 2 is 2.50 bits per heavy atom. The number of nitrogens with one attached hydrogen (secondary N) is 1. The molecule has 0 aromatic heterocycles. The summed E-state index contributed by atoms with van der Waals surface area (Å²) in [5, 5.41) is 7.07. The van der Waals surface area contributed by atoms with Crippen molar-refractivity contribution < 1.29 is 0 Å². The minimum atomic E-state index is -0.102. The molecule has 0 aliphatic heterocycles. The van der Waals surface area contributed by atoms with E-state index in [1.165, 1.54) is 6.21 Å². The van der Waals surface area contributed by atoms with Gasteiger partial charge in [0.1, 0.15) is 0 Å². The van der Waals surface area contributed by atoms with Crippen LogP contribution in [0.25, 0.3) is 0 Å². The molecule has 0 saturated heterocycles. The normalized spacial score (nSPS) is 34.6.